The molecule has 1 aliphatic carbocycles. The summed E-state index contributed by atoms with van der Waals surface area (Å²) in [6.45, 7) is -2.38. The van der Waals surface area contributed by atoms with Crippen LogP contribution in [0.15, 0.2) is 24.3 Å². The molecular formula is C14H16BrF2NO2. The third-order valence-corrected chi connectivity index (χ3v) is 4.21. The first-order valence-electron chi connectivity index (χ1n) is 6.52. The maximum absolute atomic E-state index is 12.3. The molecule has 2 atom stereocenters. The lowest BCUT2D eigenvalue weighted by Crippen LogP contribution is -2.29. The number of benzene rings is 1. The molecule has 6 heteroatoms. The average Bonchev–Trinajstić information content (AvgIpc) is 2.82. The summed E-state index contributed by atoms with van der Waals surface area (Å²) in [4.78, 5) is 12.6. The van der Waals surface area contributed by atoms with Crippen LogP contribution in [0.5, 0.6) is 5.75 Å². The lowest BCUT2D eigenvalue weighted by Gasteiger charge is -2.13. The molecule has 1 fully saturated rings. The molecule has 1 N–H and O–H groups in total. The van der Waals surface area contributed by atoms with Gasteiger partial charge in [0.05, 0.1) is 5.56 Å². The van der Waals surface area contributed by atoms with Crippen LogP contribution in [0.3, 0.4) is 0 Å². The minimum absolute atomic E-state index is 0.0928. The summed E-state index contributed by atoms with van der Waals surface area (Å²) in [6.07, 6.45) is 3.19. The molecule has 0 radical (unpaired) electrons. The van der Waals surface area contributed by atoms with Crippen molar-refractivity contribution >= 4 is 21.8 Å². The maximum atomic E-state index is 12.3. The predicted molar refractivity (Wildman–Crippen MR) is 75.5 cm³/mol. The molecule has 0 spiro atoms. The van der Waals surface area contributed by atoms with Gasteiger partial charge in [0.1, 0.15) is 5.75 Å². The van der Waals surface area contributed by atoms with E-state index in [4.69, 9.17) is 0 Å². The SMILES string of the molecule is O=C(NCC1CCC(Br)C1)c1ccccc1OC(F)F. The molecule has 20 heavy (non-hydrogen) atoms. The molecule has 1 saturated carbocycles. The van der Waals surface area contributed by atoms with Crippen LogP contribution in [-0.4, -0.2) is 23.9 Å². The number of carbonyl (C=O) groups excluding carboxylic acids is 1. The van der Waals surface area contributed by atoms with Crippen molar-refractivity contribution < 1.29 is 18.3 Å². The van der Waals surface area contributed by atoms with Gasteiger partial charge >= 0.3 is 6.61 Å². The second kappa shape index (κ2) is 7.02. The summed E-state index contributed by atoms with van der Waals surface area (Å²) in [5.74, 6) is -0.0319. The van der Waals surface area contributed by atoms with E-state index in [1.807, 2.05) is 0 Å². The number of para-hydroxylation sites is 1. The topological polar surface area (TPSA) is 38.3 Å². The van der Waals surface area contributed by atoms with Gasteiger partial charge in [0, 0.05) is 11.4 Å². The van der Waals surface area contributed by atoms with Gasteiger partial charge in [-0.1, -0.05) is 28.1 Å². The summed E-state index contributed by atoms with van der Waals surface area (Å²) in [5.41, 5.74) is 0.140. The van der Waals surface area contributed by atoms with Crippen LogP contribution < -0.4 is 10.1 Å². The number of rotatable bonds is 5. The van der Waals surface area contributed by atoms with Crippen LogP contribution in [0.4, 0.5) is 8.78 Å². The molecule has 0 aliphatic heterocycles. The molecule has 2 unspecified atom stereocenters. The van der Waals surface area contributed by atoms with Gasteiger partial charge in [-0.3, -0.25) is 4.79 Å². The van der Waals surface area contributed by atoms with Gasteiger partial charge in [0.2, 0.25) is 0 Å². The van der Waals surface area contributed by atoms with Gasteiger partial charge in [0.25, 0.3) is 5.91 Å². The lowest BCUT2D eigenvalue weighted by molar-refractivity contribution is -0.0501. The third kappa shape index (κ3) is 4.16. The van der Waals surface area contributed by atoms with E-state index in [0.717, 1.165) is 19.3 Å². The molecule has 0 bridgehead atoms. The molecule has 110 valence electrons. The summed E-state index contributed by atoms with van der Waals surface area (Å²) in [6, 6.07) is 6.03. The van der Waals surface area contributed by atoms with E-state index in [1.54, 1.807) is 12.1 Å². The fourth-order valence-corrected chi connectivity index (χ4v) is 3.18. The summed E-state index contributed by atoms with van der Waals surface area (Å²) >= 11 is 3.55. The number of ether oxygens (including phenoxy) is 1. The highest BCUT2D eigenvalue weighted by molar-refractivity contribution is 9.09. The molecule has 0 aromatic heterocycles. The average molecular weight is 348 g/mol. The van der Waals surface area contributed by atoms with E-state index in [2.05, 4.69) is 26.0 Å². The van der Waals surface area contributed by atoms with Crippen molar-refractivity contribution in [1.29, 1.82) is 0 Å². The number of hydrogen-bond acceptors (Lipinski definition) is 2. The smallest absolute Gasteiger partial charge is 0.387 e. The maximum Gasteiger partial charge on any atom is 0.387 e. The van der Waals surface area contributed by atoms with Crippen LogP contribution in [-0.2, 0) is 0 Å². The fraction of sp³-hybridized carbons (Fsp3) is 0.500. The number of carbonyl (C=O) groups is 1. The Morgan fingerprint density at radius 2 is 2.15 bits per heavy atom. The van der Waals surface area contributed by atoms with Crippen molar-refractivity contribution in [3.05, 3.63) is 29.8 Å². The van der Waals surface area contributed by atoms with Gasteiger partial charge in [-0.2, -0.15) is 8.78 Å². The largest absolute Gasteiger partial charge is 0.434 e. The highest BCUT2D eigenvalue weighted by Crippen LogP contribution is 2.30. The summed E-state index contributed by atoms with van der Waals surface area (Å²) < 4.78 is 28.9. The molecule has 3 nitrogen and oxygen atoms in total. The standard InChI is InChI=1S/C14H16BrF2NO2/c15-10-6-5-9(7-10)8-18-13(19)11-3-1-2-4-12(11)20-14(16)17/h1-4,9-10,14H,5-8H2,(H,18,19). The zero-order valence-corrected chi connectivity index (χ0v) is 12.4. The minimum atomic E-state index is -2.94. The van der Waals surface area contributed by atoms with E-state index in [0.29, 0.717) is 17.3 Å². The Morgan fingerprint density at radius 3 is 2.80 bits per heavy atom. The molecule has 1 aromatic carbocycles. The molecule has 1 amide bonds. The van der Waals surface area contributed by atoms with E-state index in [1.165, 1.54) is 12.1 Å². The number of halogens is 3. The molecule has 2 rings (SSSR count). The van der Waals surface area contributed by atoms with Crippen LogP contribution >= 0.6 is 15.9 Å². The van der Waals surface area contributed by atoms with Crippen molar-refractivity contribution in [2.24, 2.45) is 5.92 Å². The van der Waals surface area contributed by atoms with Crippen LogP contribution in [0.25, 0.3) is 0 Å². The molecule has 1 aliphatic rings. The first kappa shape index (κ1) is 15.2. The van der Waals surface area contributed by atoms with Crippen molar-refractivity contribution in [1.82, 2.24) is 5.32 Å². The predicted octanol–water partition coefficient (Wildman–Crippen LogP) is 3.58. The second-order valence-electron chi connectivity index (χ2n) is 4.86. The first-order valence-corrected chi connectivity index (χ1v) is 7.44. The van der Waals surface area contributed by atoms with Gasteiger partial charge in [-0.05, 0) is 37.3 Å². The molecule has 1 aromatic rings. The Bertz CT molecular complexity index is 470. The Kier molecular flexibility index (Phi) is 5.34. The molecule has 0 heterocycles. The first-order chi connectivity index (χ1) is 9.56. The van der Waals surface area contributed by atoms with E-state index >= 15 is 0 Å². The Hall–Kier alpha value is -1.17. The Morgan fingerprint density at radius 1 is 1.40 bits per heavy atom. The van der Waals surface area contributed by atoms with Crippen LogP contribution in [0.2, 0.25) is 0 Å². The van der Waals surface area contributed by atoms with E-state index < -0.39 is 6.61 Å². The van der Waals surface area contributed by atoms with Crippen molar-refractivity contribution in [3.63, 3.8) is 0 Å². The van der Waals surface area contributed by atoms with Crippen molar-refractivity contribution in [3.8, 4) is 5.75 Å². The monoisotopic (exact) mass is 347 g/mol. The van der Waals surface area contributed by atoms with Crippen molar-refractivity contribution in [2.45, 2.75) is 30.7 Å². The minimum Gasteiger partial charge on any atom is -0.434 e. The third-order valence-electron chi connectivity index (χ3n) is 3.38. The highest BCUT2D eigenvalue weighted by Gasteiger charge is 2.23. The second-order valence-corrected chi connectivity index (χ2v) is 6.16. The summed E-state index contributed by atoms with van der Waals surface area (Å²) in [5, 5.41) is 2.79. The number of nitrogens with one attached hydrogen (secondary N) is 1. The lowest BCUT2D eigenvalue weighted by atomic mass is 10.1. The van der Waals surface area contributed by atoms with Crippen LogP contribution in [0, 0.1) is 5.92 Å². The van der Waals surface area contributed by atoms with Gasteiger partial charge in [-0.15, -0.1) is 0 Å². The number of amides is 1. The summed E-state index contributed by atoms with van der Waals surface area (Å²) in [7, 11) is 0. The van der Waals surface area contributed by atoms with Gasteiger partial charge in [-0.25, -0.2) is 0 Å². The van der Waals surface area contributed by atoms with Gasteiger partial charge in [0.15, 0.2) is 0 Å². The molecule has 0 saturated heterocycles. The number of alkyl halides is 3. The number of hydrogen-bond donors (Lipinski definition) is 1. The zero-order valence-electron chi connectivity index (χ0n) is 10.8. The zero-order chi connectivity index (χ0) is 14.5. The van der Waals surface area contributed by atoms with Crippen molar-refractivity contribution in [2.75, 3.05) is 6.54 Å². The Balaban J connectivity index is 1.95. The van der Waals surface area contributed by atoms with E-state index in [9.17, 15) is 13.6 Å². The quantitative estimate of drug-likeness (QED) is 0.826. The fourth-order valence-electron chi connectivity index (χ4n) is 2.38. The normalized spacial score (nSPS) is 22.0. The van der Waals surface area contributed by atoms with E-state index in [-0.39, 0.29) is 17.2 Å². The van der Waals surface area contributed by atoms with Crippen LogP contribution in [0.1, 0.15) is 29.6 Å². The van der Waals surface area contributed by atoms with Gasteiger partial charge < -0.3 is 10.1 Å². The highest BCUT2D eigenvalue weighted by atomic mass is 79.9. The molecular weight excluding hydrogens is 332 g/mol. The Labute approximate surface area is 124 Å².